The fraction of sp³-hybridized carbons (Fsp3) is 0.220. The Bertz CT molecular complexity index is 3200. The minimum Gasteiger partial charge on any atom is -0.496 e. The number of amides is 1. The van der Waals surface area contributed by atoms with Crippen molar-refractivity contribution >= 4 is 91.8 Å². The number of methoxy groups -OCH3 is 1. The van der Waals surface area contributed by atoms with Gasteiger partial charge in [0.05, 0.1) is 24.3 Å². The summed E-state index contributed by atoms with van der Waals surface area (Å²) in [6, 6.07) is 41.3. The Morgan fingerprint density at radius 1 is 0.649 bits per heavy atom. The lowest BCUT2D eigenvalue weighted by Gasteiger charge is -2.34. The van der Waals surface area contributed by atoms with Crippen molar-refractivity contribution in [3.05, 3.63) is 231 Å². The molecule has 3 aromatic carbocycles. The zero-order chi connectivity index (χ0) is 54.2. The molecular weight excluding hydrogens is 1080 g/mol. The molecule has 1 amide bonds. The third kappa shape index (κ3) is 14.2. The first-order valence-corrected chi connectivity index (χ1v) is 28.8. The van der Waals surface area contributed by atoms with Crippen LogP contribution >= 0.6 is 71.5 Å². The van der Waals surface area contributed by atoms with E-state index in [-0.39, 0.29) is 5.91 Å². The molecule has 5 aromatic heterocycles. The van der Waals surface area contributed by atoms with Gasteiger partial charge in [-0.05, 0) is 102 Å². The first kappa shape index (κ1) is 56.7. The van der Waals surface area contributed by atoms with E-state index in [0.717, 1.165) is 82.6 Å². The Morgan fingerprint density at radius 3 is 1.74 bits per heavy atom. The standard InChI is InChI=1S/C17H16N2OS2.2C15H14N2OS2.C12H14N2O/c1-12-3-4-14(16(9-12)20-2)15-11-22-17(21)19(15)10-13-5-7-18-8-6-13;18-15(13-6-2-1-3-7-13)11-20-14(19)17(15)10-12-5-4-8-16-9-12;18-15(13-4-2-1-3-5-13)11-20-14(19)17(15)10-12-6-8-16-9-7-12;1-2-8-14-11(5-6-12(14)15)10-4-3-7-13-9-10/h3-9,11H,10H2,1-2H3;2*1-9,18H,10-11H2;3-5,7,9H,2,6,8H2,1H3. The molecule has 8 aromatic rings. The number of pyridine rings is 4. The van der Waals surface area contributed by atoms with E-state index in [2.05, 4.69) is 55.9 Å². The van der Waals surface area contributed by atoms with Gasteiger partial charge in [-0.3, -0.25) is 24.7 Å². The van der Waals surface area contributed by atoms with Crippen LogP contribution in [-0.4, -0.2) is 89.1 Å². The van der Waals surface area contributed by atoms with E-state index >= 15 is 0 Å². The predicted octanol–water partition coefficient (Wildman–Crippen LogP) is 12.3. The number of thiocarbonyl (C=S) groups is 2. The van der Waals surface area contributed by atoms with Gasteiger partial charge in [0.2, 0.25) is 5.91 Å². The number of ether oxygens (including phenoxy) is 1. The summed E-state index contributed by atoms with van der Waals surface area (Å²) in [5.74, 6) is 2.17. The van der Waals surface area contributed by atoms with Crippen LogP contribution in [0.4, 0.5) is 0 Å². The molecule has 3 aliphatic heterocycles. The van der Waals surface area contributed by atoms with Gasteiger partial charge < -0.3 is 34.2 Å². The van der Waals surface area contributed by atoms with Crippen LogP contribution in [0.1, 0.15) is 58.7 Å². The zero-order valence-corrected chi connectivity index (χ0v) is 47.7. The number of aliphatic hydroxyl groups is 2. The Morgan fingerprint density at radius 2 is 1.21 bits per heavy atom. The van der Waals surface area contributed by atoms with Crippen LogP contribution in [-0.2, 0) is 35.9 Å². The summed E-state index contributed by atoms with van der Waals surface area (Å²) in [6.45, 7) is 6.80. The highest BCUT2D eigenvalue weighted by Gasteiger charge is 2.45. The summed E-state index contributed by atoms with van der Waals surface area (Å²) in [6.07, 6.45) is 17.7. The minimum atomic E-state index is -1.04. The molecule has 11 rings (SSSR count). The maximum Gasteiger partial charge on any atom is 0.230 e. The van der Waals surface area contributed by atoms with Gasteiger partial charge in [-0.15, -0.1) is 11.3 Å². The van der Waals surface area contributed by atoms with Gasteiger partial charge in [-0.2, -0.15) is 0 Å². The number of hydrogen-bond acceptors (Lipinski definition) is 14. The minimum absolute atomic E-state index is 0.190. The van der Waals surface area contributed by atoms with Crippen molar-refractivity contribution in [2.75, 3.05) is 25.2 Å². The van der Waals surface area contributed by atoms with E-state index in [4.69, 9.17) is 41.4 Å². The van der Waals surface area contributed by atoms with Crippen molar-refractivity contribution in [2.24, 2.45) is 0 Å². The van der Waals surface area contributed by atoms with Crippen molar-refractivity contribution in [3.8, 4) is 17.0 Å². The number of nitrogens with zero attached hydrogens (tertiary/aromatic N) is 8. The third-order valence-corrected chi connectivity index (χ3v) is 17.2. The van der Waals surface area contributed by atoms with Crippen molar-refractivity contribution < 1.29 is 19.7 Å². The number of benzene rings is 3. The zero-order valence-electron chi connectivity index (χ0n) is 42.8. The van der Waals surface area contributed by atoms with Crippen molar-refractivity contribution in [1.82, 2.24) is 39.2 Å². The molecule has 2 atom stereocenters. The van der Waals surface area contributed by atoms with Gasteiger partial charge in [0.25, 0.3) is 0 Å². The molecule has 0 bridgehead atoms. The normalized spacial score (nSPS) is 17.6. The van der Waals surface area contributed by atoms with Crippen LogP contribution < -0.4 is 4.74 Å². The molecule has 2 N–H and O–H groups in total. The Balaban J connectivity index is 0.000000137. The lowest BCUT2D eigenvalue weighted by Crippen LogP contribution is -2.43. The molecule has 0 aliphatic carbocycles. The fourth-order valence-electron chi connectivity index (χ4n) is 8.73. The number of carbonyl (C=O) groups excluding carboxylic acids is 1. The Labute approximate surface area is 478 Å². The van der Waals surface area contributed by atoms with Gasteiger partial charge in [-0.1, -0.05) is 134 Å². The number of rotatable bonds is 13. The van der Waals surface area contributed by atoms with Crippen LogP contribution in [0.2, 0.25) is 0 Å². The topological polar surface area (TPSA) is 133 Å². The quantitative estimate of drug-likeness (QED) is 0.106. The molecule has 0 radical (unpaired) electrons. The summed E-state index contributed by atoms with van der Waals surface area (Å²) in [7, 11) is 1.70. The molecule has 18 heteroatoms. The molecule has 77 heavy (non-hydrogen) atoms. The Hall–Kier alpha value is -6.48. The highest BCUT2D eigenvalue weighted by Crippen LogP contribution is 2.41. The molecule has 0 spiro atoms. The monoisotopic (exact) mass is 1130 g/mol. The number of hydrogen-bond donors (Lipinski definition) is 2. The maximum atomic E-state index is 11.6. The summed E-state index contributed by atoms with van der Waals surface area (Å²) in [5, 5.41) is 24.2. The lowest BCUT2D eigenvalue weighted by molar-refractivity contribution is -0.126. The molecule has 2 saturated heterocycles. The highest BCUT2D eigenvalue weighted by molar-refractivity contribution is 8.23. The summed E-state index contributed by atoms with van der Waals surface area (Å²) in [5.41, 5.74) is 8.32. The van der Waals surface area contributed by atoms with Gasteiger partial charge in [0, 0.05) is 116 Å². The molecule has 394 valence electrons. The largest absolute Gasteiger partial charge is 0.496 e. The number of thioether (sulfide) groups is 2. The van der Waals surface area contributed by atoms with Crippen LogP contribution in [0, 0.1) is 10.9 Å². The highest BCUT2D eigenvalue weighted by atomic mass is 32.2. The van der Waals surface area contributed by atoms with E-state index in [1.165, 1.54) is 34.7 Å². The lowest BCUT2D eigenvalue weighted by atomic mass is 10.0. The molecule has 2 unspecified atom stereocenters. The smallest absolute Gasteiger partial charge is 0.230 e. The second-order valence-corrected chi connectivity index (χ2v) is 22.7. The number of carbonyl (C=O) groups is 1. The molecule has 0 saturated carbocycles. The third-order valence-electron chi connectivity index (χ3n) is 12.7. The van der Waals surface area contributed by atoms with E-state index in [1.807, 2.05) is 136 Å². The average molecular weight is 1140 g/mol. The van der Waals surface area contributed by atoms with Crippen molar-refractivity contribution in [2.45, 2.75) is 57.8 Å². The SMILES string of the molecule is CCCN1C(=O)CC=C1c1cccnc1.COc1cc(C)ccc1-c1csc(=S)n1Cc1ccncc1.OC1(c2ccccc2)CSC(=S)N1Cc1cccnc1.OC1(c2ccccc2)CSC(=S)N1Cc1ccncc1. The van der Waals surface area contributed by atoms with E-state index < -0.39 is 11.4 Å². The van der Waals surface area contributed by atoms with Crippen LogP contribution in [0.25, 0.3) is 17.0 Å². The van der Waals surface area contributed by atoms with Gasteiger partial charge in [0.15, 0.2) is 15.4 Å². The first-order valence-electron chi connectivity index (χ1n) is 24.8. The molecule has 8 heterocycles. The van der Waals surface area contributed by atoms with Gasteiger partial charge in [0.1, 0.15) is 14.4 Å². The van der Waals surface area contributed by atoms with Crippen molar-refractivity contribution in [3.63, 3.8) is 0 Å². The number of thiazole rings is 1. The van der Waals surface area contributed by atoms with E-state index in [0.29, 0.717) is 31.0 Å². The number of aryl methyl sites for hydroxylation is 1. The van der Waals surface area contributed by atoms with E-state index in [9.17, 15) is 15.0 Å². The molecule has 12 nitrogen and oxygen atoms in total. The number of aromatic nitrogens is 5. The molecular formula is C59H58N8O4S6. The molecule has 2 fully saturated rings. The first-order chi connectivity index (χ1) is 37.4. The maximum absolute atomic E-state index is 11.6. The van der Waals surface area contributed by atoms with Crippen LogP contribution in [0.5, 0.6) is 5.75 Å². The van der Waals surface area contributed by atoms with E-state index in [1.54, 1.807) is 68.0 Å². The van der Waals surface area contributed by atoms with Crippen LogP contribution in [0.15, 0.2) is 188 Å². The summed E-state index contributed by atoms with van der Waals surface area (Å²) in [4.78, 5) is 33.5. The van der Waals surface area contributed by atoms with Crippen molar-refractivity contribution in [1.29, 1.82) is 0 Å². The second-order valence-electron chi connectivity index (χ2n) is 18.0. The second kappa shape index (κ2) is 27.2. The van der Waals surface area contributed by atoms with Crippen LogP contribution in [0.3, 0.4) is 0 Å². The predicted molar refractivity (Wildman–Crippen MR) is 322 cm³/mol. The Kier molecular flexibility index (Phi) is 20.0. The van der Waals surface area contributed by atoms with Gasteiger partial charge >= 0.3 is 0 Å². The molecule has 3 aliphatic rings. The fourth-order valence-corrected chi connectivity index (χ4v) is 12.6. The summed E-state index contributed by atoms with van der Waals surface area (Å²) < 4.78 is 9.99. The summed E-state index contributed by atoms with van der Waals surface area (Å²) >= 11 is 20.9. The van der Waals surface area contributed by atoms with Gasteiger partial charge in [-0.25, -0.2) is 0 Å². The average Bonchev–Trinajstić information content (AvgIpc) is 4.24.